The normalized spacial score (nSPS) is 11.7. The number of urea groups is 1. The number of pyridine rings is 1. The van der Waals surface area contributed by atoms with Crippen LogP contribution in [-0.2, 0) is 13.2 Å². The van der Waals surface area contributed by atoms with Crippen LogP contribution < -0.4 is 16.0 Å². The minimum absolute atomic E-state index is 0.0590. The number of imide groups is 1. The molecule has 35 heavy (non-hydrogen) atoms. The molecule has 0 spiro atoms. The van der Waals surface area contributed by atoms with Crippen LogP contribution in [0, 0.1) is 12.7 Å². The summed E-state index contributed by atoms with van der Waals surface area (Å²) in [6, 6.07) is 0.901. The van der Waals surface area contributed by atoms with Gasteiger partial charge in [0.25, 0.3) is 5.91 Å². The minimum Gasteiger partial charge on any atom is -0.384 e. The van der Waals surface area contributed by atoms with Gasteiger partial charge in [0.15, 0.2) is 5.65 Å². The van der Waals surface area contributed by atoms with Crippen molar-refractivity contribution in [2.75, 3.05) is 37.8 Å². The molecule has 0 aliphatic heterocycles. The van der Waals surface area contributed by atoms with Gasteiger partial charge in [0.2, 0.25) is 0 Å². The fourth-order valence-corrected chi connectivity index (χ4v) is 3.53. The van der Waals surface area contributed by atoms with Crippen LogP contribution in [0.15, 0.2) is 24.4 Å². The van der Waals surface area contributed by atoms with E-state index in [2.05, 4.69) is 26.0 Å². The molecule has 2 aromatic heterocycles. The maximum Gasteiger partial charge on any atom is 0.419 e. The fraction of sp³-hybridized carbons (Fsp3) is 0.364. The molecule has 0 radical (unpaired) electrons. The van der Waals surface area contributed by atoms with E-state index in [0.717, 1.165) is 19.0 Å². The number of benzene rings is 1. The third-order valence-electron chi connectivity index (χ3n) is 5.11. The van der Waals surface area contributed by atoms with Crippen molar-refractivity contribution in [2.24, 2.45) is 7.05 Å². The summed E-state index contributed by atoms with van der Waals surface area (Å²) >= 11 is 0. The molecule has 0 atom stereocenters. The van der Waals surface area contributed by atoms with Crippen molar-refractivity contribution >= 4 is 34.3 Å². The van der Waals surface area contributed by atoms with Gasteiger partial charge < -0.3 is 15.5 Å². The Hall–Kier alpha value is -3.74. The number of hydrogen-bond donors (Lipinski definition) is 3. The number of anilines is 2. The highest BCUT2D eigenvalue weighted by atomic mass is 19.4. The molecular weight excluding hydrogens is 470 g/mol. The predicted octanol–water partition coefficient (Wildman–Crippen LogP) is 3.76. The molecule has 13 heteroatoms. The van der Waals surface area contributed by atoms with Crippen molar-refractivity contribution in [1.82, 2.24) is 25.0 Å². The largest absolute Gasteiger partial charge is 0.419 e. The number of alkyl halides is 3. The van der Waals surface area contributed by atoms with Crippen LogP contribution in [0.5, 0.6) is 0 Å². The number of fused-ring (bicyclic) bond motifs is 1. The van der Waals surface area contributed by atoms with Gasteiger partial charge in [-0.2, -0.15) is 18.3 Å². The summed E-state index contributed by atoms with van der Waals surface area (Å²) in [5.74, 6) is -2.30. The second kappa shape index (κ2) is 10.3. The number of aryl methyl sites for hydroxylation is 2. The number of carbonyl (C=O) groups is 2. The monoisotopic (exact) mass is 495 g/mol. The van der Waals surface area contributed by atoms with Crippen LogP contribution >= 0.6 is 0 Å². The van der Waals surface area contributed by atoms with Crippen molar-refractivity contribution in [3.8, 4) is 0 Å². The molecule has 2 heterocycles. The van der Waals surface area contributed by atoms with Gasteiger partial charge in [-0.05, 0) is 52.2 Å². The first-order valence-corrected chi connectivity index (χ1v) is 10.6. The van der Waals surface area contributed by atoms with Crippen LogP contribution in [0.25, 0.3) is 11.0 Å². The Morgan fingerprint density at radius 3 is 2.57 bits per heavy atom. The number of hydrogen-bond acceptors (Lipinski definition) is 6. The van der Waals surface area contributed by atoms with Crippen LogP contribution in [0.2, 0.25) is 0 Å². The Morgan fingerprint density at radius 2 is 1.91 bits per heavy atom. The van der Waals surface area contributed by atoms with Crippen molar-refractivity contribution in [1.29, 1.82) is 0 Å². The molecule has 0 unspecified atom stereocenters. The smallest absolute Gasteiger partial charge is 0.384 e. The Kier molecular flexibility index (Phi) is 7.58. The molecule has 0 aliphatic carbocycles. The van der Waals surface area contributed by atoms with E-state index < -0.39 is 29.5 Å². The van der Waals surface area contributed by atoms with Crippen molar-refractivity contribution in [3.63, 3.8) is 0 Å². The van der Waals surface area contributed by atoms with E-state index in [1.165, 1.54) is 6.20 Å². The average molecular weight is 495 g/mol. The third-order valence-corrected chi connectivity index (χ3v) is 5.11. The second-order valence-corrected chi connectivity index (χ2v) is 8.14. The van der Waals surface area contributed by atoms with E-state index in [4.69, 9.17) is 0 Å². The number of nitrogens with one attached hydrogen (secondary N) is 3. The zero-order valence-corrected chi connectivity index (χ0v) is 19.5. The lowest BCUT2D eigenvalue weighted by atomic mass is 10.1. The molecule has 0 saturated heterocycles. The molecule has 0 saturated carbocycles. The van der Waals surface area contributed by atoms with E-state index in [9.17, 15) is 27.2 Å². The maximum atomic E-state index is 13.5. The Morgan fingerprint density at radius 1 is 1.20 bits per heavy atom. The SMILES string of the molecule is Cc1nn(C)c2ncc(C(=O)NC(=O)Nc3ccc(F)c(C(F)(F)F)c3)c(NCCCN(C)C)c12. The van der Waals surface area contributed by atoms with Crippen molar-refractivity contribution < 1.29 is 27.2 Å². The van der Waals surface area contributed by atoms with E-state index >= 15 is 0 Å². The van der Waals surface area contributed by atoms with Crippen LogP contribution in [0.3, 0.4) is 0 Å². The first kappa shape index (κ1) is 25.9. The van der Waals surface area contributed by atoms with Crippen LogP contribution in [0.4, 0.5) is 33.7 Å². The van der Waals surface area contributed by atoms with Gasteiger partial charge in [-0.15, -0.1) is 0 Å². The summed E-state index contributed by atoms with van der Waals surface area (Å²) in [6.07, 6.45) is -2.88. The molecule has 1 aromatic carbocycles. The summed E-state index contributed by atoms with van der Waals surface area (Å²) in [7, 11) is 5.58. The van der Waals surface area contributed by atoms with Gasteiger partial charge in [-0.3, -0.25) is 14.8 Å². The lowest BCUT2D eigenvalue weighted by Crippen LogP contribution is -2.35. The molecule has 3 aromatic rings. The maximum absolute atomic E-state index is 13.5. The minimum atomic E-state index is -4.94. The van der Waals surface area contributed by atoms with Gasteiger partial charge >= 0.3 is 12.2 Å². The third kappa shape index (κ3) is 6.04. The van der Waals surface area contributed by atoms with E-state index in [0.29, 0.717) is 41.1 Å². The molecule has 188 valence electrons. The fourth-order valence-electron chi connectivity index (χ4n) is 3.53. The number of aromatic nitrogens is 3. The molecule has 9 nitrogen and oxygen atoms in total. The molecule has 3 rings (SSSR count). The summed E-state index contributed by atoms with van der Waals surface area (Å²) in [5.41, 5.74) is -0.218. The highest BCUT2D eigenvalue weighted by Crippen LogP contribution is 2.33. The summed E-state index contributed by atoms with van der Waals surface area (Å²) in [5, 5.41) is 12.4. The standard InChI is InChI=1S/C22H25F4N7O2/c1-12-17-18(27-8-5-9-32(2)3)14(11-28-19(17)33(4)31-12)20(34)30-21(35)29-13-6-7-16(23)15(10-13)22(24,25)26/h6-7,10-11H,5,8-9H2,1-4H3,(H,27,28)(H2,29,30,34,35). The molecule has 0 bridgehead atoms. The van der Waals surface area contributed by atoms with E-state index in [1.54, 1.807) is 18.7 Å². The van der Waals surface area contributed by atoms with Crippen molar-refractivity contribution in [3.05, 3.63) is 47.0 Å². The Balaban J connectivity index is 1.83. The van der Waals surface area contributed by atoms with Gasteiger partial charge in [0, 0.05) is 25.5 Å². The highest BCUT2D eigenvalue weighted by Gasteiger charge is 2.34. The molecule has 3 amide bonds. The van der Waals surface area contributed by atoms with Gasteiger partial charge in [0.05, 0.1) is 27.9 Å². The number of carbonyl (C=O) groups excluding carboxylic acids is 2. The van der Waals surface area contributed by atoms with Crippen LogP contribution in [0.1, 0.15) is 28.0 Å². The van der Waals surface area contributed by atoms with E-state index in [1.807, 2.05) is 19.0 Å². The number of rotatable bonds is 7. The zero-order valence-electron chi connectivity index (χ0n) is 19.5. The Labute approximate surface area is 198 Å². The number of amides is 3. The summed E-state index contributed by atoms with van der Waals surface area (Å²) in [4.78, 5) is 31.5. The first-order valence-electron chi connectivity index (χ1n) is 10.6. The molecule has 0 aliphatic rings. The van der Waals surface area contributed by atoms with Crippen LogP contribution in [-0.4, -0.2) is 58.8 Å². The highest BCUT2D eigenvalue weighted by molar-refractivity contribution is 6.13. The molecular formula is C22H25F4N7O2. The van der Waals surface area contributed by atoms with Gasteiger partial charge in [0.1, 0.15) is 5.82 Å². The van der Waals surface area contributed by atoms with Crippen molar-refractivity contribution in [2.45, 2.75) is 19.5 Å². The Bertz CT molecular complexity index is 1250. The lowest BCUT2D eigenvalue weighted by Gasteiger charge is -2.15. The predicted molar refractivity (Wildman–Crippen MR) is 123 cm³/mol. The topological polar surface area (TPSA) is 104 Å². The first-order chi connectivity index (χ1) is 16.4. The lowest BCUT2D eigenvalue weighted by molar-refractivity contribution is -0.139. The molecule has 0 fully saturated rings. The average Bonchev–Trinajstić information content (AvgIpc) is 3.05. The van der Waals surface area contributed by atoms with Gasteiger partial charge in [-0.25, -0.2) is 14.2 Å². The molecule has 3 N–H and O–H groups in total. The second-order valence-electron chi connectivity index (χ2n) is 8.14. The quantitative estimate of drug-likeness (QED) is 0.341. The summed E-state index contributed by atoms with van der Waals surface area (Å²) in [6.45, 7) is 3.08. The van der Waals surface area contributed by atoms with Gasteiger partial charge in [-0.1, -0.05) is 0 Å². The number of halogens is 4. The number of nitrogens with zero attached hydrogens (tertiary/aromatic N) is 4. The van der Waals surface area contributed by atoms with E-state index in [-0.39, 0.29) is 11.3 Å². The summed E-state index contributed by atoms with van der Waals surface area (Å²) < 4.78 is 53.8. The zero-order chi connectivity index (χ0) is 25.9.